The summed E-state index contributed by atoms with van der Waals surface area (Å²) < 4.78 is 39.7. The number of thioether (sulfide) groups is 1. The highest BCUT2D eigenvalue weighted by atomic mass is 32.2. The first-order valence-corrected chi connectivity index (χ1v) is 8.23. The van der Waals surface area contributed by atoms with Crippen LogP contribution in [0.25, 0.3) is 5.65 Å². The number of benzene rings is 1. The number of aromatic nitrogens is 3. The summed E-state index contributed by atoms with van der Waals surface area (Å²) in [6, 6.07) is 9.48. The van der Waals surface area contributed by atoms with E-state index in [1.807, 2.05) is 19.1 Å². The second-order valence-electron chi connectivity index (χ2n) is 5.33. The predicted octanol–water partition coefficient (Wildman–Crippen LogP) is 3.79. The van der Waals surface area contributed by atoms with E-state index in [2.05, 4.69) is 15.5 Å². The molecule has 0 saturated carbocycles. The van der Waals surface area contributed by atoms with E-state index in [9.17, 15) is 18.0 Å². The summed E-state index contributed by atoms with van der Waals surface area (Å²) in [5.74, 6) is -0.275. The van der Waals surface area contributed by atoms with Gasteiger partial charge >= 0.3 is 6.18 Å². The van der Waals surface area contributed by atoms with Gasteiger partial charge < -0.3 is 5.32 Å². The van der Waals surface area contributed by atoms with E-state index in [1.54, 1.807) is 12.1 Å². The monoisotopic (exact) mass is 366 g/mol. The Labute approximate surface area is 145 Å². The summed E-state index contributed by atoms with van der Waals surface area (Å²) in [6.07, 6.45) is -3.53. The van der Waals surface area contributed by atoms with Crippen LogP contribution in [0.2, 0.25) is 0 Å². The molecule has 1 aromatic carbocycles. The van der Waals surface area contributed by atoms with Crippen molar-refractivity contribution in [3.8, 4) is 0 Å². The number of hydrogen-bond acceptors (Lipinski definition) is 4. The van der Waals surface area contributed by atoms with Crippen LogP contribution >= 0.6 is 11.8 Å². The third-order valence-corrected chi connectivity index (χ3v) is 4.31. The number of fused-ring (bicyclic) bond motifs is 1. The largest absolute Gasteiger partial charge is 0.417 e. The second kappa shape index (κ2) is 6.75. The van der Waals surface area contributed by atoms with Crippen molar-refractivity contribution in [2.24, 2.45) is 0 Å². The first-order chi connectivity index (χ1) is 11.8. The molecule has 0 radical (unpaired) electrons. The lowest BCUT2D eigenvalue weighted by Crippen LogP contribution is -2.14. The van der Waals surface area contributed by atoms with Crippen LogP contribution in [0.15, 0.2) is 47.8 Å². The summed E-state index contributed by atoms with van der Waals surface area (Å²) in [5, 5.41) is 10.6. The number of aryl methyl sites for hydroxylation is 1. The zero-order chi connectivity index (χ0) is 18.0. The van der Waals surface area contributed by atoms with E-state index in [0.29, 0.717) is 5.69 Å². The number of pyridine rings is 1. The molecule has 0 atom stereocenters. The van der Waals surface area contributed by atoms with Crippen LogP contribution in [0.4, 0.5) is 18.9 Å². The zero-order valence-corrected chi connectivity index (χ0v) is 13.9. The Morgan fingerprint density at radius 3 is 2.56 bits per heavy atom. The summed E-state index contributed by atoms with van der Waals surface area (Å²) in [7, 11) is 0. The third kappa shape index (κ3) is 4.11. The van der Waals surface area contributed by atoms with Gasteiger partial charge in [0.05, 0.1) is 11.3 Å². The molecule has 0 aliphatic carbocycles. The van der Waals surface area contributed by atoms with Gasteiger partial charge in [-0.1, -0.05) is 29.5 Å². The fourth-order valence-corrected chi connectivity index (χ4v) is 2.82. The van der Waals surface area contributed by atoms with Crippen LogP contribution in [0, 0.1) is 6.92 Å². The first-order valence-electron chi connectivity index (χ1n) is 7.24. The van der Waals surface area contributed by atoms with E-state index in [0.717, 1.165) is 29.6 Å². The lowest BCUT2D eigenvalue weighted by Gasteiger charge is -2.07. The Kier molecular flexibility index (Phi) is 4.67. The molecule has 3 aromatic rings. The molecule has 25 heavy (non-hydrogen) atoms. The average molecular weight is 366 g/mol. The van der Waals surface area contributed by atoms with Crippen molar-refractivity contribution in [1.82, 2.24) is 14.6 Å². The van der Waals surface area contributed by atoms with E-state index in [-0.39, 0.29) is 22.5 Å². The molecular weight excluding hydrogens is 353 g/mol. The Balaban J connectivity index is 1.70. The quantitative estimate of drug-likeness (QED) is 0.714. The maximum absolute atomic E-state index is 12.8. The molecular formula is C16H13F3N4OS. The average Bonchev–Trinajstić information content (AvgIpc) is 2.96. The van der Waals surface area contributed by atoms with Crippen molar-refractivity contribution in [1.29, 1.82) is 0 Å². The lowest BCUT2D eigenvalue weighted by molar-refractivity contribution is -0.137. The van der Waals surface area contributed by atoms with Gasteiger partial charge in [-0.15, -0.1) is 10.2 Å². The summed E-state index contributed by atoms with van der Waals surface area (Å²) in [6.45, 7) is 1.94. The molecule has 0 spiro atoms. The van der Waals surface area contributed by atoms with E-state index in [4.69, 9.17) is 0 Å². The Hall–Kier alpha value is -2.55. The Bertz CT molecular complexity index is 906. The second-order valence-corrected chi connectivity index (χ2v) is 6.27. The molecule has 0 fully saturated rings. The molecule has 0 aliphatic heterocycles. The number of carbonyl (C=O) groups excluding carboxylic acids is 1. The smallest absolute Gasteiger partial charge is 0.325 e. The minimum absolute atomic E-state index is 0.00488. The molecule has 0 aliphatic rings. The molecule has 2 aromatic heterocycles. The zero-order valence-electron chi connectivity index (χ0n) is 13.0. The SMILES string of the molecule is Cc1ccc(NC(=O)CSc2nnc3ccc(C(F)(F)F)cn23)cc1. The Morgan fingerprint density at radius 2 is 1.88 bits per heavy atom. The fraction of sp³-hybridized carbons (Fsp3) is 0.188. The van der Waals surface area contributed by atoms with Crippen LogP contribution in [-0.4, -0.2) is 26.3 Å². The van der Waals surface area contributed by atoms with Gasteiger partial charge in [0.15, 0.2) is 10.8 Å². The van der Waals surface area contributed by atoms with Crippen LogP contribution in [-0.2, 0) is 11.0 Å². The molecule has 0 bridgehead atoms. The summed E-state index contributed by atoms with van der Waals surface area (Å²) >= 11 is 1.02. The number of amides is 1. The van der Waals surface area contributed by atoms with Crippen molar-refractivity contribution in [2.45, 2.75) is 18.3 Å². The highest BCUT2D eigenvalue weighted by Crippen LogP contribution is 2.30. The van der Waals surface area contributed by atoms with Crippen molar-refractivity contribution < 1.29 is 18.0 Å². The minimum Gasteiger partial charge on any atom is -0.325 e. The van der Waals surface area contributed by atoms with E-state index < -0.39 is 11.7 Å². The molecule has 3 rings (SSSR count). The highest BCUT2D eigenvalue weighted by Gasteiger charge is 2.31. The molecule has 0 saturated heterocycles. The topological polar surface area (TPSA) is 59.3 Å². The van der Waals surface area contributed by atoms with E-state index in [1.165, 1.54) is 10.5 Å². The number of anilines is 1. The predicted molar refractivity (Wildman–Crippen MR) is 88.5 cm³/mol. The van der Waals surface area contributed by atoms with Crippen molar-refractivity contribution in [2.75, 3.05) is 11.1 Å². The number of nitrogens with zero attached hydrogens (tertiary/aromatic N) is 3. The summed E-state index contributed by atoms with van der Waals surface area (Å²) in [5.41, 5.74) is 1.21. The molecule has 5 nitrogen and oxygen atoms in total. The summed E-state index contributed by atoms with van der Waals surface area (Å²) in [4.78, 5) is 12.0. The van der Waals surface area contributed by atoms with Gasteiger partial charge in [0.2, 0.25) is 5.91 Å². The van der Waals surface area contributed by atoms with Gasteiger partial charge in [-0.05, 0) is 31.2 Å². The van der Waals surface area contributed by atoms with Crippen LogP contribution in [0.1, 0.15) is 11.1 Å². The van der Waals surface area contributed by atoms with Gasteiger partial charge in [-0.2, -0.15) is 13.2 Å². The number of nitrogens with one attached hydrogen (secondary N) is 1. The normalized spacial score (nSPS) is 11.7. The van der Waals surface area contributed by atoms with Gasteiger partial charge in [-0.25, -0.2) is 0 Å². The van der Waals surface area contributed by atoms with Crippen molar-refractivity contribution >= 4 is 29.0 Å². The van der Waals surface area contributed by atoms with Crippen molar-refractivity contribution in [3.05, 3.63) is 53.7 Å². The molecule has 130 valence electrons. The number of hydrogen-bond donors (Lipinski definition) is 1. The van der Waals surface area contributed by atoms with E-state index >= 15 is 0 Å². The molecule has 9 heteroatoms. The molecule has 2 heterocycles. The van der Waals surface area contributed by atoms with Crippen molar-refractivity contribution in [3.63, 3.8) is 0 Å². The molecule has 0 unspecified atom stereocenters. The first kappa shape index (κ1) is 17.3. The maximum Gasteiger partial charge on any atom is 0.417 e. The molecule has 1 N–H and O–H groups in total. The lowest BCUT2D eigenvalue weighted by atomic mass is 10.2. The van der Waals surface area contributed by atoms with Crippen LogP contribution in [0.5, 0.6) is 0 Å². The van der Waals surface area contributed by atoms with Gasteiger partial charge in [0.1, 0.15) is 0 Å². The number of carbonyl (C=O) groups is 1. The number of alkyl halides is 3. The van der Waals surface area contributed by atoms with Crippen LogP contribution in [0.3, 0.4) is 0 Å². The van der Waals surface area contributed by atoms with Gasteiger partial charge in [0, 0.05) is 11.9 Å². The standard InChI is InChI=1S/C16H13F3N4OS/c1-10-2-5-12(6-3-10)20-14(24)9-25-15-22-21-13-7-4-11(8-23(13)15)16(17,18)19/h2-8H,9H2,1H3,(H,20,24). The van der Waals surface area contributed by atoms with Gasteiger partial charge in [0.25, 0.3) is 0 Å². The third-order valence-electron chi connectivity index (χ3n) is 3.37. The fourth-order valence-electron chi connectivity index (χ4n) is 2.10. The number of rotatable bonds is 4. The van der Waals surface area contributed by atoms with Crippen LogP contribution < -0.4 is 5.32 Å². The highest BCUT2D eigenvalue weighted by molar-refractivity contribution is 7.99. The number of halogens is 3. The molecule has 1 amide bonds. The Morgan fingerprint density at radius 1 is 1.16 bits per heavy atom. The minimum atomic E-state index is -4.46. The maximum atomic E-state index is 12.8. The van der Waals surface area contributed by atoms with Gasteiger partial charge in [-0.3, -0.25) is 9.20 Å².